The van der Waals surface area contributed by atoms with Gasteiger partial charge in [-0.1, -0.05) is 0 Å². The van der Waals surface area contributed by atoms with Crippen LogP contribution in [0.25, 0.3) is 5.65 Å². The van der Waals surface area contributed by atoms with Gasteiger partial charge in [-0.3, -0.25) is 0 Å². The molecule has 0 aliphatic heterocycles. The van der Waals surface area contributed by atoms with E-state index in [4.69, 9.17) is 5.11 Å². The Kier molecular flexibility index (Phi) is 1.32. The van der Waals surface area contributed by atoms with Crippen LogP contribution in [-0.4, -0.2) is 19.7 Å². The topological polar surface area (TPSA) is 50.4 Å². The third-order valence-electron chi connectivity index (χ3n) is 1.31. The van der Waals surface area contributed by atoms with Crippen LogP contribution in [0.15, 0.2) is 23.1 Å². The molecule has 5 heteroatoms. The van der Waals surface area contributed by atoms with Crippen LogP contribution in [0.3, 0.4) is 0 Å². The fourth-order valence-corrected chi connectivity index (χ4v) is 1.14. The predicted octanol–water partition coefficient (Wildman–Crippen LogP) is 1.20. The van der Waals surface area contributed by atoms with Crippen molar-refractivity contribution in [3.05, 3.63) is 23.1 Å². The highest BCUT2D eigenvalue weighted by Crippen LogP contribution is 2.16. The lowest BCUT2D eigenvalue weighted by atomic mass is 10.6. The summed E-state index contributed by atoms with van der Waals surface area (Å²) in [7, 11) is 0. The second kappa shape index (κ2) is 2.20. The van der Waals surface area contributed by atoms with E-state index in [1.54, 1.807) is 12.4 Å². The van der Waals surface area contributed by atoms with Crippen LogP contribution in [0.2, 0.25) is 0 Å². The highest BCUT2D eigenvalue weighted by molar-refractivity contribution is 9.10. The lowest BCUT2D eigenvalue weighted by Crippen LogP contribution is -1.87. The molecule has 2 heterocycles. The minimum atomic E-state index is 0.0949. The van der Waals surface area contributed by atoms with Crippen molar-refractivity contribution in [2.45, 2.75) is 0 Å². The van der Waals surface area contributed by atoms with Crippen LogP contribution < -0.4 is 0 Å². The first-order valence-electron chi connectivity index (χ1n) is 2.95. The Morgan fingerprint density at radius 1 is 1.45 bits per heavy atom. The zero-order valence-corrected chi connectivity index (χ0v) is 6.98. The van der Waals surface area contributed by atoms with Gasteiger partial charge in [0, 0.05) is 12.4 Å². The summed E-state index contributed by atoms with van der Waals surface area (Å²) >= 11 is 3.24. The molecule has 56 valence electrons. The normalized spacial score (nSPS) is 10.6. The molecule has 11 heavy (non-hydrogen) atoms. The third-order valence-corrected chi connectivity index (χ3v) is 1.72. The Hall–Kier alpha value is -1.10. The smallest absolute Gasteiger partial charge is 0.197 e. The van der Waals surface area contributed by atoms with Crippen LogP contribution in [0, 0.1) is 0 Å². The molecule has 0 saturated heterocycles. The van der Waals surface area contributed by atoms with Crippen LogP contribution in [0.5, 0.6) is 5.75 Å². The summed E-state index contributed by atoms with van der Waals surface area (Å²) in [6.07, 6.45) is 4.69. The summed E-state index contributed by atoms with van der Waals surface area (Å²) in [4.78, 5) is 3.94. The molecule has 0 atom stereocenters. The maximum atomic E-state index is 9.14. The standard InChI is InChI=1S/C6H4BrN3O/c7-4-1-8-6-5(11)2-9-10(6)3-4/h1-3,11H. The number of hydrogen-bond acceptors (Lipinski definition) is 3. The van der Waals surface area contributed by atoms with Crippen molar-refractivity contribution in [1.29, 1.82) is 0 Å². The molecule has 4 nitrogen and oxygen atoms in total. The fraction of sp³-hybridized carbons (Fsp3) is 0. The molecule has 1 N–H and O–H groups in total. The van der Waals surface area contributed by atoms with E-state index in [-0.39, 0.29) is 5.75 Å². The van der Waals surface area contributed by atoms with Crippen LogP contribution in [0.1, 0.15) is 0 Å². The highest BCUT2D eigenvalue weighted by atomic mass is 79.9. The first-order chi connectivity index (χ1) is 5.27. The molecule has 0 unspecified atom stereocenters. The van der Waals surface area contributed by atoms with Gasteiger partial charge in [-0.05, 0) is 15.9 Å². The van der Waals surface area contributed by atoms with E-state index in [9.17, 15) is 0 Å². The molecule has 0 spiro atoms. The minimum absolute atomic E-state index is 0.0949. The number of hydrogen-bond donors (Lipinski definition) is 1. The summed E-state index contributed by atoms with van der Waals surface area (Å²) in [6.45, 7) is 0. The van der Waals surface area contributed by atoms with Crippen molar-refractivity contribution in [1.82, 2.24) is 14.6 Å². The molecule has 0 aromatic carbocycles. The van der Waals surface area contributed by atoms with Crippen molar-refractivity contribution in [3.63, 3.8) is 0 Å². The van der Waals surface area contributed by atoms with Crippen molar-refractivity contribution in [2.24, 2.45) is 0 Å². The van der Waals surface area contributed by atoms with E-state index in [1.807, 2.05) is 0 Å². The molecular weight excluding hydrogens is 210 g/mol. The second-order valence-corrected chi connectivity index (χ2v) is 2.99. The maximum absolute atomic E-state index is 9.14. The summed E-state index contributed by atoms with van der Waals surface area (Å²) in [5, 5.41) is 13.0. The zero-order valence-electron chi connectivity index (χ0n) is 5.40. The first kappa shape index (κ1) is 6.60. The lowest BCUT2D eigenvalue weighted by molar-refractivity contribution is 0.480. The number of aromatic nitrogens is 3. The number of nitrogens with zero attached hydrogens (tertiary/aromatic N) is 3. The largest absolute Gasteiger partial charge is 0.503 e. The molecular formula is C6H4BrN3O. The quantitative estimate of drug-likeness (QED) is 0.716. The Labute approximate surface area is 70.6 Å². The SMILES string of the molecule is Oc1cnn2cc(Br)cnc12. The van der Waals surface area contributed by atoms with E-state index in [1.165, 1.54) is 10.7 Å². The van der Waals surface area contributed by atoms with Crippen LogP contribution in [0.4, 0.5) is 0 Å². The monoisotopic (exact) mass is 213 g/mol. The van der Waals surface area contributed by atoms with E-state index < -0.39 is 0 Å². The maximum Gasteiger partial charge on any atom is 0.197 e. The first-order valence-corrected chi connectivity index (χ1v) is 3.74. The molecule has 0 aliphatic rings. The summed E-state index contributed by atoms with van der Waals surface area (Å²) < 4.78 is 2.33. The molecule has 2 aromatic heterocycles. The van der Waals surface area contributed by atoms with Gasteiger partial charge in [-0.15, -0.1) is 0 Å². The second-order valence-electron chi connectivity index (χ2n) is 2.07. The van der Waals surface area contributed by atoms with Gasteiger partial charge >= 0.3 is 0 Å². The molecule has 0 bridgehead atoms. The van der Waals surface area contributed by atoms with Crippen LogP contribution in [-0.2, 0) is 0 Å². The lowest BCUT2D eigenvalue weighted by Gasteiger charge is -1.91. The highest BCUT2D eigenvalue weighted by Gasteiger charge is 2.01. The molecule has 2 rings (SSSR count). The zero-order chi connectivity index (χ0) is 7.84. The van der Waals surface area contributed by atoms with Gasteiger partial charge in [0.1, 0.15) is 0 Å². The Morgan fingerprint density at radius 2 is 2.27 bits per heavy atom. The van der Waals surface area contributed by atoms with E-state index in [0.717, 1.165) is 4.47 Å². The summed E-state index contributed by atoms with van der Waals surface area (Å²) in [5.41, 5.74) is 0.466. The van der Waals surface area contributed by atoms with Gasteiger partial charge in [-0.25, -0.2) is 9.50 Å². The van der Waals surface area contributed by atoms with E-state index in [0.29, 0.717) is 5.65 Å². The molecule has 0 fully saturated rings. The van der Waals surface area contributed by atoms with E-state index in [2.05, 4.69) is 26.0 Å². The number of rotatable bonds is 0. The Bertz CT molecular complexity index is 398. The number of halogens is 1. The molecule has 0 amide bonds. The van der Waals surface area contributed by atoms with Gasteiger partial charge in [-0.2, -0.15) is 5.10 Å². The Balaban J connectivity index is 2.86. The molecule has 2 aromatic rings. The third kappa shape index (κ3) is 0.970. The van der Waals surface area contributed by atoms with Crippen molar-refractivity contribution in [2.75, 3.05) is 0 Å². The van der Waals surface area contributed by atoms with Crippen molar-refractivity contribution >= 4 is 21.6 Å². The van der Waals surface area contributed by atoms with Gasteiger partial charge in [0.25, 0.3) is 0 Å². The Morgan fingerprint density at radius 3 is 3.09 bits per heavy atom. The van der Waals surface area contributed by atoms with Gasteiger partial charge in [0.15, 0.2) is 11.4 Å². The predicted molar refractivity (Wildman–Crippen MR) is 42.4 cm³/mol. The average molecular weight is 214 g/mol. The summed E-state index contributed by atoms with van der Waals surface area (Å²) in [6, 6.07) is 0. The van der Waals surface area contributed by atoms with Gasteiger partial charge < -0.3 is 5.11 Å². The number of aromatic hydroxyl groups is 1. The molecule has 0 saturated carbocycles. The molecule has 0 aliphatic carbocycles. The van der Waals surface area contributed by atoms with E-state index >= 15 is 0 Å². The van der Waals surface area contributed by atoms with Crippen molar-refractivity contribution in [3.8, 4) is 5.75 Å². The van der Waals surface area contributed by atoms with Crippen LogP contribution >= 0.6 is 15.9 Å². The fourth-order valence-electron chi connectivity index (χ4n) is 0.839. The van der Waals surface area contributed by atoms with Gasteiger partial charge in [0.2, 0.25) is 0 Å². The average Bonchev–Trinajstić information content (AvgIpc) is 2.32. The van der Waals surface area contributed by atoms with Gasteiger partial charge in [0.05, 0.1) is 10.7 Å². The minimum Gasteiger partial charge on any atom is -0.503 e. The molecule has 0 radical (unpaired) electrons. The number of fused-ring (bicyclic) bond motifs is 1. The van der Waals surface area contributed by atoms with Crippen molar-refractivity contribution < 1.29 is 5.11 Å². The summed E-state index contributed by atoms with van der Waals surface area (Å²) in [5.74, 6) is 0.0949.